The molecule has 2 aromatic rings. The summed E-state index contributed by atoms with van der Waals surface area (Å²) in [4.78, 5) is 16.1. The van der Waals surface area contributed by atoms with Gasteiger partial charge in [0.25, 0.3) is 0 Å². The van der Waals surface area contributed by atoms with Gasteiger partial charge in [0.1, 0.15) is 0 Å². The lowest BCUT2D eigenvalue weighted by Crippen LogP contribution is -2.08. The molecule has 0 saturated carbocycles. The van der Waals surface area contributed by atoms with Gasteiger partial charge in [0.15, 0.2) is 5.78 Å². The van der Waals surface area contributed by atoms with E-state index in [0.717, 1.165) is 15.9 Å². The van der Waals surface area contributed by atoms with Crippen LogP contribution in [-0.4, -0.2) is 20.5 Å². The molecule has 0 saturated heterocycles. The first-order valence-corrected chi connectivity index (χ1v) is 6.48. The molecule has 0 bridgehead atoms. The molecule has 0 amide bonds. The van der Waals surface area contributed by atoms with Crippen LogP contribution in [0.1, 0.15) is 21.7 Å². The van der Waals surface area contributed by atoms with Gasteiger partial charge < -0.3 is 0 Å². The minimum atomic E-state index is -0.0336. The monoisotopic (exact) mass is 327 g/mol. The van der Waals surface area contributed by atoms with E-state index in [2.05, 4.69) is 26.0 Å². The van der Waals surface area contributed by atoms with Crippen molar-refractivity contribution in [3.63, 3.8) is 0 Å². The Balaban J connectivity index is 2.27. The lowest BCUT2D eigenvalue weighted by atomic mass is 10.1. The number of Topliss-reactive ketones (excluding diaryl/α,β-unsaturated/α-hetero) is 1. The van der Waals surface area contributed by atoms with Crippen molar-refractivity contribution in [1.82, 2.24) is 14.8 Å². The van der Waals surface area contributed by atoms with Crippen molar-refractivity contribution in [2.75, 3.05) is 0 Å². The molecule has 94 valence electrons. The molecule has 0 N–H and O–H groups in total. The zero-order valence-electron chi connectivity index (χ0n) is 9.94. The highest BCUT2D eigenvalue weighted by Crippen LogP contribution is 2.21. The Morgan fingerprint density at radius 2 is 2.22 bits per heavy atom. The lowest BCUT2D eigenvalue weighted by Gasteiger charge is -2.03. The van der Waals surface area contributed by atoms with E-state index < -0.39 is 0 Å². The SMILES string of the molecule is Cc1nn(C)c(CC(=O)c2cncc(Br)c2)c1Cl. The summed E-state index contributed by atoms with van der Waals surface area (Å²) >= 11 is 9.41. The van der Waals surface area contributed by atoms with Crippen molar-refractivity contribution in [1.29, 1.82) is 0 Å². The zero-order valence-corrected chi connectivity index (χ0v) is 12.3. The fourth-order valence-corrected chi connectivity index (χ4v) is 2.28. The number of halogens is 2. The molecule has 0 aliphatic carbocycles. The summed E-state index contributed by atoms with van der Waals surface area (Å²) in [5, 5.41) is 4.73. The van der Waals surface area contributed by atoms with Crippen molar-refractivity contribution in [2.24, 2.45) is 7.05 Å². The molecular weight excluding hydrogens is 318 g/mol. The summed E-state index contributed by atoms with van der Waals surface area (Å²) < 4.78 is 2.42. The van der Waals surface area contributed by atoms with Gasteiger partial charge in [-0.2, -0.15) is 5.10 Å². The molecular formula is C12H11BrClN3O. The van der Waals surface area contributed by atoms with Gasteiger partial charge in [-0.25, -0.2) is 0 Å². The van der Waals surface area contributed by atoms with Crippen LogP contribution in [0.3, 0.4) is 0 Å². The lowest BCUT2D eigenvalue weighted by molar-refractivity contribution is 0.0990. The van der Waals surface area contributed by atoms with Crippen LogP contribution in [0.4, 0.5) is 0 Å². The van der Waals surface area contributed by atoms with E-state index in [1.165, 1.54) is 0 Å². The van der Waals surface area contributed by atoms with Crippen LogP contribution in [-0.2, 0) is 13.5 Å². The summed E-state index contributed by atoms with van der Waals surface area (Å²) in [6, 6.07) is 1.74. The number of rotatable bonds is 3. The predicted octanol–water partition coefficient (Wildman–Crippen LogP) is 2.96. The first-order chi connectivity index (χ1) is 8.49. The van der Waals surface area contributed by atoms with Crippen LogP contribution in [0.15, 0.2) is 22.9 Å². The number of nitrogens with zero attached hydrogens (tertiary/aromatic N) is 3. The average Bonchev–Trinajstić information content (AvgIpc) is 2.56. The van der Waals surface area contributed by atoms with Crippen molar-refractivity contribution >= 4 is 33.3 Å². The Morgan fingerprint density at radius 3 is 2.78 bits per heavy atom. The predicted molar refractivity (Wildman–Crippen MR) is 72.9 cm³/mol. The number of hydrogen-bond donors (Lipinski definition) is 0. The van der Waals surface area contributed by atoms with E-state index in [0.29, 0.717) is 10.6 Å². The summed E-state index contributed by atoms with van der Waals surface area (Å²) in [6.45, 7) is 1.82. The number of carbonyl (C=O) groups excluding carboxylic acids is 1. The molecule has 0 aromatic carbocycles. The third kappa shape index (κ3) is 2.62. The molecule has 0 aliphatic heterocycles. The Morgan fingerprint density at radius 1 is 1.50 bits per heavy atom. The number of aryl methyl sites for hydroxylation is 2. The third-order valence-electron chi connectivity index (χ3n) is 2.62. The summed E-state index contributed by atoms with van der Waals surface area (Å²) in [6.07, 6.45) is 3.40. The number of ketones is 1. The van der Waals surface area contributed by atoms with Crippen molar-refractivity contribution in [3.8, 4) is 0 Å². The number of carbonyl (C=O) groups is 1. The molecule has 0 fully saturated rings. The van der Waals surface area contributed by atoms with Crippen molar-refractivity contribution < 1.29 is 4.79 Å². The van der Waals surface area contributed by atoms with E-state index in [1.54, 1.807) is 30.2 Å². The molecule has 2 heterocycles. The number of aromatic nitrogens is 3. The first kappa shape index (κ1) is 13.2. The second kappa shape index (κ2) is 5.20. The van der Waals surface area contributed by atoms with Gasteiger partial charge in [-0.15, -0.1) is 0 Å². The van der Waals surface area contributed by atoms with Crippen molar-refractivity contribution in [3.05, 3.63) is 44.9 Å². The molecule has 2 rings (SSSR count). The molecule has 0 unspecified atom stereocenters. The highest BCUT2D eigenvalue weighted by molar-refractivity contribution is 9.10. The highest BCUT2D eigenvalue weighted by Gasteiger charge is 2.16. The largest absolute Gasteiger partial charge is 0.294 e. The topological polar surface area (TPSA) is 47.8 Å². The van der Waals surface area contributed by atoms with Crippen LogP contribution >= 0.6 is 27.5 Å². The van der Waals surface area contributed by atoms with Crippen LogP contribution < -0.4 is 0 Å². The second-order valence-electron chi connectivity index (χ2n) is 3.96. The Labute approximate surface area is 118 Å². The summed E-state index contributed by atoms with van der Waals surface area (Å²) in [7, 11) is 1.78. The summed E-state index contributed by atoms with van der Waals surface area (Å²) in [5.41, 5.74) is 2.01. The van der Waals surface area contributed by atoms with E-state index in [9.17, 15) is 4.79 Å². The molecule has 4 nitrogen and oxygen atoms in total. The minimum absolute atomic E-state index is 0.0336. The van der Waals surface area contributed by atoms with E-state index in [1.807, 2.05) is 6.92 Å². The molecule has 6 heteroatoms. The Kier molecular flexibility index (Phi) is 3.82. The van der Waals surface area contributed by atoms with Gasteiger partial charge in [0.05, 0.1) is 22.8 Å². The molecule has 0 aliphatic rings. The molecule has 0 spiro atoms. The third-order valence-corrected chi connectivity index (χ3v) is 3.54. The quantitative estimate of drug-likeness (QED) is 0.814. The fourth-order valence-electron chi connectivity index (χ4n) is 1.69. The van der Waals surface area contributed by atoms with Gasteiger partial charge in [0.2, 0.25) is 0 Å². The maximum absolute atomic E-state index is 12.1. The van der Waals surface area contributed by atoms with E-state index in [-0.39, 0.29) is 12.2 Å². The van der Waals surface area contributed by atoms with Crippen molar-refractivity contribution in [2.45, 2.75) is 13.3 Å². The van der Waals surface area contributed by atoms with Gasteiger partial charge in [-0.05, 0) is 28.9 Å². The van der Waals surface area contributed by atoms with Crippen LogP contribution in [0.2, 0.25) is 5.02 Å². The standard InChI is InChI=1S/C12H11BrClN3O/c1-7-12(14)10(17(2)16-7)4-11(18)8-3-9(13)6-15-5-8/h3,5-6H,4H2,1-2H3. The Hall–Kier alpha value is -1.20. The zero-order chi connectivity index (χ0) is 13.3. The first-order valence-electron chi connectivity index (χ1n) is 5.30. The summed E-state index contributed by atoms with van der Waals surface area (Å²) in [5.74, 6) is -0.0336. The van der Waals surface area contributed by atoms with Gasteiger partial charge in [-0.1, -0.05) is 11.6 Å². The van der Waals surface area contributed by atoms with Crippen LogP contribution in [0, 0.1) is 6.92 Å². The van der Waals surface area contributed by atoms with E-state index >= 15 is 0 Å². The maximum Gasteiger partial charge on any atom is 0.170 e. The second-order valence-corrected chi connectivity index (χ2v) is 5.26. The van der Waals surface area contributed by atoms with Crippen LogP contribution in [0.25, 0.3) is 0 Å². The van der Waals surface area contributed by atoms with Gasteiger partial charge in [-0.3, -0.25) is 14.5 Å². The maximum atomic E-state index is 12.1. The van der Waals surface area contributed by atoms with Crippen LogP contribution in [0.5, 0.6) is 0 Å². The Bertz CT molecular complexity index is 609. The highest BCUT2D eigenvalue weighted by atomic mass is 79.9. The van der Waals surface area contributed by atoms with Gasteiger partial charge >= 0.3 is 0 Å². The average molecular weight is 329 g/mol. The number of pyridine rings is 1. The normalized spacial score (nSPS) is 10.7. The molecule has 0 atom stereocenters. The minimum Gasteiger partial charge on any atom is -0.294 e. The molecule has 2 aromatic heterocycles. The smallest absolute Gasteiger partial charge is 0.170 e. The number of hydrogen-bond acceptors (Lipinski definition) is 3. The van der Waals surface area contributed by atoms with Gasteiger partial charge in [0, 0.05) is 29.5 Å². The van der Waals surface area contributed by atoms with E-state index in [4.69, 9.17) is 11.6 Å². The fraction of sp³-hybridized carbons (Fsp3) is 0.250. The molecule has 0 radical (unpaired) electrons. The molecule has 18 heavy (non-hydrogen) atoms.